The minimum absolute atomic E-state index is 0.174. The van der Waals surface area contributed by atoms with Crippen LogP contribution in [0.4, 0.5) is 4.79 Å². The number of hydrogen-bond acceptors (Lipinski definition) is 4. The van der Waals surface area contributed by atoms with Gasteiger partial charge in [-0.1, -0.05) is 17.7 Å². The fourth-order valence-electron chi connectivity index (χ4n) is 2.61. The molecule has 1 aliphatic heterocycles. The second kappa shape index (κ2) is 7.53. The number of nitrogens with one attached hydrogen (secondary N) is 2. The average molecular weight is 350 g/mol. The van der Waals surface area contributed by atoms with Crippen LogP contribution in [0, 0.1) is 0 Å². The van der Waals surface area contributed by atoms with E-state index in [2.05, 4.69) is 25.4 Å². The van der Waals surface area contributed by atoms with E-state index in [1.165, 1.54) is 0 Å². The Kier molecular flexibility index (Phi) is 5.20. The third-order valence-corrected chi connectivity index (χ3v) is 4.01. The Morgan fingerprint density at radius 2 is 2.29 bits per heavy atom. The first-order valence-electron chi connectivity index (χ1n) is 7.96. The molecule has 0 fully saturated rings. The number of rotatable bonds is 6. The molecule has 1 aromatic carbocycles. The molecule has 2 N–H and O–H groups in total. The lowest BCUT2D eigenvalue weighted by Gasteiger charge is -2.16. The number of carbonyl (C=O) groups is 1. The first kappa shape index (κ1) is 16.6. The predicted molar refractivity (Wildman–Crippen MR) is 90.1 cm³/mol. The predicted octanol–water partition coefficient (Wildman–Crippen LogP) is 2.14. The van der Waals surface area contributed by atoms with Crippen molar-refractivity contribution in [2.45, 2.75) is 39.0 Å². The van der Waals surface area contributed by atoms with Gasteiger partial charge in [0.15, 0.2) is 5.82 Å². The molecule has 2 amide bonds. The SMILES string of the molecule is C[C@@H](CNC(=O)NCc1nnc2n1CCC2)Oc1cccc(Cl)c1. The summed E-state index contributed by atoms with van der Waals surface area (Å²) in [7, 11) is 0. The Morgan fingerprint density at radius 3 is 3.12 bits per heavy atom. The zero-order chi connectivity index (χ0) is 16.9. The second-order valence-corrected chi connectivity index (χ2v) is 6.17. The molecule has 0 saturated carbocycles. The van der Waals surface area contributed by atoms with Gasteiger partial charge in [-0.3, -0.25) is 0 Å². The summed E-state index contributed by atoms with van der Waals surface area (Å²) in [6.07, 6.45) is 1.87. The van der Waals surface area contributed by atoms with Gasteiger partial charge in [0.05, 0.1) is 13.1 Å². The third kappa shape index (κ3) is 4.17. The van der Waals surface area contributed by atoms with Gasteiger partial charge >= 0.3 is 6.03 Å². The molecule has 0 unspecified atom stereocenters. The van der Waals surface area contributed by atoms with Crippen molar-refractivity contribution in [1.29, 1.82) is 0 Å². The van der Waals surface area contributed by atoms with Gasteiger partial charge in [0.25, 0.3) is 0 Å². The van der Waals surface area contributed by atoms with Gasteiger partial charge in [0.1, 0.15) is 17.7 Å². The lowest BCUT2D eigenvalue weighted by Crippen LogP contribution is -2.40. The quantitative estimate of drug-likeness (QED) is 0.837. The number of aromatic nitrogens is 3. The molecule has 2 heterocycles. The van der Waals surface area contributed by atoms with E-state index in [0.29, 0.717) is 23.9 Å². The molecule has 1 atom stereocenters. The van der Waals surface area contributed by atoms with Crippen molar-refractivity contribution in [2.75, 3.05) is 6.54 Å². The minimum atomic E-state index is -0.258. The van der Waals surface area contributed by atoms with Crippen LogP contribution >= 0.6 is 11.6 Å². The molecule has 8 heteroatoms. The second-order valence-electron chi connectivity index (χ2n) is 5.74. The van der Waals surface area contributed by atoms with Crippen molar-refractivity contribution in [3.8, 4) is 5.75 Å². The van der Waals surface area contributed by atoms with Crippen molar-refractivity contribution >= 4 is 17.6 Å². The number of aryl methyl sites for hydroxylation is 1. The lowest BCUT2D eigenvalue weighted by atomic mass is 10.3. The number of halogens is 1. The lowest BCUT2D eigenvalue weighted by molar-refractivity contribution is 0.207. The standard InChI is InChI=1S/C16H20ClN5O2/c1-11(24-13-5-2-4-12(17)8-13)9-18-16(23)19-10-15-21-20-14-6-3-7-22(14)15/h2,4-5,8,11H,3,6-7,9-10H2,1H3,(H2,18,19,23)/t11-/m0/s1. The van der Waals surface area contributed by atoms with E-state index in [9.17, 15) is 4.79 Å². The molecule has 0 spiro atoms. The first-order chi connectivity index (χ1) is 11.6. The maximum absolute atomic E-state index is 11.9. The van der Waals surface area contributed by atoms with E-state index in [1.54, 1.807) is 12.1 Å². The minimum Gasteiger partial charge on any atom is -0.489 e. The largest absolute Gasteiger partial charge is 0.489 e. The molecule has 1 aromatic heterocycles. The fraction of sp³-hybridized carbons (Fsp3) is 0.438. The molecule has 1 aliphatic rings. The van der Waals surface area contributed by atoms with E-state index in [1.807, 2.05) is 19.1 Å². The third-order valence-electron chi connectivity index (χ3n) is 3.78. The zero-order valence-electron chi connectivity index (χ0n) is 13.5. The van der Waals surface area contributed by atoms with Gasteiger partial charge in [-0.05, 0) is 31.5 Å². The summed E-state index contributed by atoms with van der Waals surface area (Å²) >= 11 is 5.91. The Labute approximate surface area is 145 Å². The summed E-state index contributed by atoms with van der Waals surface area (Å²) < 4.78 is 7.76. The van der Waals surface area contributed by atoms with Gasteiger partial charge in [0, 0.05) is 18.0 Å². The van der Waals surface area contributed by atoms with Gasteiger partial charge in [-0.2, -0.15) is 0 Å². The van der Waals surface area contributed by atoms with Crippen LogP contribution in [-0.4, -0.2) is 33.4 Å². The molecule has 0 aliphatic carbocycles. The van der Waals surface area contributed by atoms with Crippen molar-refractivity contribution in [3.05, 3.63) is 40.9 Å². The smallest absolute Gasteiger partial charge is 0.315 e. The van der Waals surface area contributed by atoms with Gasteiger partial charge < -0.3 is 19.9 Å². The monoisotopic (exact) mass is 349 g/mol. The molecule has 3 rings (SSSR count). The first-order valence-corrected chi connectivity index (χ1v) is 8.34. The number of fused-ring (bicyclic) bond motifs is 1. The van der Waals surface area contributed by atoms with E-state index >= 15 is 0 Å². The maximum Gasteiger partial charge on any atom is 0.315 e. The molecule has 7 nitrogen and oxygen atoms in total. The van der Waals surface area contributed by atoms with Crippen LogP contribution in [0.2, 0.25) is 5.02 Å². The number of benzene rings is 1. The molecule has 0 radical (unpaired) electrons. The van der Waals surface area contributed by atoms with Crippen LogP contribution in [0.3, 0.4) is 0 Å². The van der Waals surface area contributed by atoms with E-state index in [-0.39, 0.29) is 12.1 Å². The summed E-state index contributed by atoms with van der Waals surface area (Å²) in [4.78, 5) is 11.9. The number of nitrogens with zero attached hydrogens (tertiary/aromatic N) is 3. The zero-order valence-corrected chi connectivity index (χ0v) is 14.2. The Morgan fingerprint density at radius 1 is 1.42 bits per heavy atom. The maximum atomic E-state index is 11.9. The van der Waals surface area contributed by atoms with E-state index in [0.717, 1.165) is 31.0 Å². The van der Waals surface area contributed by atoms with Crippen molar-refractivity contribution in [2.24, 2.45) is 0 Å². The highest BCUT2D eigenvalue weighted by molar-refractivity contribution is 6.30. The summed E-state index contributed by atoms with van der Waals surface area (Å²) in [5.74, 6) is 2.47. The average Bonchev–Trinajstić information content (AvgIpc) is 3.15. The molecule has 0 saturated heterocycles. The Hall–Kier alpha value is -2.28. The number of urea groups is 1. The van der Waals surface area contributed by atoms with Crippen LogP contribution in [0.1, 0.15) is 25.0 Å². The molecule has 2 aromatic rings. The van der Waals surface area contributed by atoms with Crippen molar-refractivity contribution in [1.82, 2.24) is 25.4 Å². The highest BCUT2D eigenvalue weighted by Crippen LogP contribution is 2.18. The van der Waals surface area contributed by atoms with Crippen LogP contribution in [0.15, 0.2) is 24.3 Å². The van der Waals surface area contributed by atoms with Crippen LogP contribution in [0.5, 0.6) is 5.75 Å². The molecule has 24 heavy (non-hydrogen) atoms. The summed E-state index contributed by atoms with van der Waals surface area (Å²) in [5, 5.41) is 14.4. The molecular weight excluding hydrogens is 330 g/mol. The highest BCUT2D eigenvalue weighted by Gasteiger charge is 2.17. The van der Waals surface area contributed by atoms with Crippen LogP contribution < -0.4 is 15.4 Å². The van der Waals surface area contributed by atoms with E-state index < -0.39 is 0 Å². The van der Waals surface area contributed by atoms with Crippen molar-refractivity contribution in [3.63, 3.8) is 0 Å². The molecule has 128 valence electrons. The van der Waals surface area contributed by atoms with Gasteiger partial charge in [-0.15, -0.1) is 10.2 Å². The van der Waals surface area contributed by atoms with E-state index in [4.69, 9.17) is 16.3 Å². The summed E-state index contributed by atoms with van der Waals surface area (Å²) in [5.41, 5.74) is 0. The number of ether oxygens (including phenoxy) is 1. The molecule has 0 bridgehead atoms. The number of carbonyl (C=O) groups excluding carboxylic acids is 1. The van der Waals surface area contributed by atoms with Crippen molar-refractivity contribution < 1.29 is 9.53 Å². The summed E-state index contributed by atoms with van der Waals surface area (Å²) in [6.45, 7) is 3.55. The highest BCUT2D eigenvalue weighted by atomic mass is 35.5. The van der Waals surface area contributed by atoms with Gasteiger partial charge in [0.2, 0.25) is 0 Å². The Balaban J connectivity index is 1.40. The summed E-state index contributed by atoms with van der Waals surface area (Å²) in [6, 6.07) is 6.91. The topological polar surface area (TPSA) is 81.1 Å². The normalized spacial score (nSPS) is 14.1. The van der Waals surface area contributed by atoms with Crippen LogP contribution in [0.25, 0.3) is 0 Å². The number of hydrogen-bond donors (Lipinski definition) is 2. The Bertz CT molecular complexity index is 718. The van der Waals surface area contributed by atoms with Crippen LogP contribution in [-0.2, 0) is 19.5 Å². The number of amides is 2. The molecular formula is C16H20ClN5O2. The fourth-order valence-corrected chi connectivity index (χ4v) is 2.79. The van der Waals surface area contributed by atoms with Gasteiger partial charge in [-0.25, -0.2) is 4.79 Å².